The number of anilines is 2. The predicted octanol–water partition coefficient (Wildman–Crippen LogP) is 2.13. The van der Waals surface area contributed by atoms with Gasteiger partial charge < -0.3 is 21.1 Å². The maximum absolute atomic E-state index is 13.1. The number of rotatable bonds is 10. The van der Waals surface area contributed by atoms with Crippen molar-refractivity contribution in [2.45, 2.75) is 12.8 Å². The molecule has 8 nitrogen and oxygen atoms in total. The van der Waals surface area contributed by atoms with E-state index in [0.717, 1.165) is 28.8 Å². The molecule has 3 aromatic rings. The fourth-order valence-corrected chi connectivity index (χ4v) is 3.29. The van der Waals surface area contributed by atoms with Crippen LogP contribution in [0.1, 0.15) is 21.6 Å². The van der Waals surface area contributed by atoms with Crippen LogP contribution in [0.3, 0.4) is 0 Å². The minimum atomic E-state index is -0.207. The first-order valence-electron chi connectivity index (χ1n) is 10.1. The Kier molecular flexibility index (Phi) is 7.64. The average molecular weight is 421 g/mol. The third-order valence-electron chi connectivity index (χ3n) is 5.02. The molecule has 4 N–H and O–H groups in total. The Balaban J connectivity index is 1.84. The number of carbonyl (C=O) groups excluding carboxylic acids is 1. The quantitative estimate of drug-likeness (QED) is 0.479. The second-order valence-electron chi connectivity index (χ2n) is 7.24. The summed E-state index contributed by atoms with van der Waals surface area (Å²) in [6.07, 6.45) is 5.91. The lowest BCUT2D eigenvalue weighted by molar-refractivity contribution is 0.0989. The van der Waals surface area contributed by atoms with Crippen LogP contribution in [0.2, 0.25) is 0 Å². The standard InChI is InChI=1S/C23H28N6O2/c1-29(11-12-31-2)20-8-10-26-14-18(20)13-21(30)22-23(25)27-15-19(28-22)17-5-3-16(4-6-17)7-9-24/h3-6,8,10,14-15H,7,9,11-13,24H2,1-2H3,(H2,25,27). The summed E-state index contributed by atoms with van der Waals surface area (Å²) >= 11 is 0. The van der Waals surface area contributed by atoms with Gasteiger partial charge in [0.05, 0.1) is 18.5 Å². The molecular formula is C23H28N6O2. The summed E-state index contributed by atoms with van der Waals surface area (Å²) in [5, 5.41) is 0. The molecule has 0 aliphatic rings. The molecule has 0 saturated heterocycles. The number of benzene rings is 1. The van der Waals surface area contributed by atoms with E-state index >= 15 is 0 Å². The zero-order valence-corrected chi connectivity index (χ0v) is 17.9. The molecule has 0 fully saturated rings. The van der Waals surface area contributed by atoms with Crippen LogP contribution in [0.25, 0.3) is 11.3 Å². The molecule has 1 aromatic carbocycles. The molecule has 0 saturated carbocycles. The van der Waals surface area contributed by atoms with E-state index in [-0.39, 0.29) is 23.7 Å². The van der Waals surface area contributed by atoms with Crippen molar-refractivity contribution in [2.75, 3.05) is 44.5 Å². The van der Waals surface area contributed by atoms with Crippen LogP contribution in [-0.2, 0) is 17.6 Å². The van der Waals surface area contributed by atoms with E-state index in [1.807, 2.05) is 42.3 Å². The number of hydrogen-bond donors (Lipinski definition) is 2. The second-order valence-corrected chi connectivity index (χ2v) is 7.24. The normalized spacial score (nSPS) is 10.8. The van der Waals surface area contributed by atoms with Gasteiger partial charge in [-0.15, -0.1) is 0 Å². The first kappa shape index (κ1) is 22.3. The number of nitrogens with zero attached hydrogens (tertiary/aromatic N) is 4. The summed E-state index contributed by atoms with van der Waals surface area (Å²) in [7, 11) is 3.61. The number of nitrogens with two attached hydrogens (primary N) is 2. The van der Waals surface area contributed by atoms with Gasteiger partial charge in [0.25, 0.3) is 0 Å². The lowest BCUT2D eigenvalue weighted by Gasteiger charge is -2.21. The van der Waals surface area contributed by atoms with Crippen molar-refractivity contribution in [2.24, 2.45) is 5.73 Å². The fourth-order valence-electron chi connectivity index (χ4n) is 3.29. The number of likely N-dealkylation sites (N-methyl/N-ethyl adjacent to an activating group) is 1. The zero-order chi connectivity index (χ0) is 22.2. The number of hydrogen-bond acceptors (Lipinski definition) is 8. The van der Waals surface area contributed by atoms with E-state index in [4.69, 9.17) is 16.2 Å². The Morgan fingerprint density at radius 2 is 1.94 bits per heavy atom. The molecule has 0 aliphatic heterocycles. The summed E-state index contributed by atoms with van der Waals surface area (Å²) in [6.45, 7) is 1.87. The van der Waals surface area contributed by atoms with Crippen molar-refractivity contribution < 1.29 is 9.53 Å². The van der Waals surface area contributed by atoms with Gasteiger partial charge >= 0.3 is 0 Å². The molecule has 2 aromatic heterocycles. The van der Waals surface area contributed by atoms with Gasteiger partial charge in [0, 0.05) is 56.3 Å². The third-order valence-corrected chi connectivity index (χ3v) is 5.02. The van der Waals surface area contributed by atoms with Crippen molar-refractivity contribution in [3.63, 3.8) is 0 Å². The van der Waals surface area contributed by atoms with Gasteiger partial charge in [-0.05, 0) is 24.6 Å². The maximum Gasteiger partial charge on any atom is 0.189 e. The highest BCUT2D eigenvalue weighted by Gasteiger charge is 2.18. The summed E-state index contributed by atoms with van der Waals surface area (Å²) in [5.41, 5.74) is 16.1. The Labute approximate surface area is 182 Å². The van der Waals surface area contributed by atoms with Gasteiger partial charge in [0.2, 0.25) is 0 Å². The molecule has 2 heterocycles. The van der Waals surface area contributed by atoms with Gasteiger partial charge in [0.1, 0.15) is 5.69 Å². The summed E-state index contributed by atoms with van der Waals surface area (Å²) in [6, 6.07) is 9.78. The Morgan fingerprint density at radius 1 is 1.16 bits per heavy atom. The number of aromatic nitrogens is 3. The molecule has 0 aliphatic carbocycles. The molecule has 0 spiro atoms. The number of methoxy groups -OCH3 is 1. The van der Waals surface area contributed by atoms with Crippen LogP contribution in [-0.4, -0.2) is 54.6 Å². The van der Waals surface area contributed by atoms with Crippen molar-refractivity contribution in [1.29, 1.82) is 0 Å². The van der Waals surface area contributed by atoms with Gasteiger partial charge in [-0.2, -0.15) is 0 Å². The van der Waals surface area contributed by atoms with Crippen LogP contribution >= 0.6 is 0 Å². The SMILES string of the molecule is COCCN(C)c1ccncc1CC(=O)c1nc(-c2ccc(CCN)cc2)cnc1N. The second kappa shape index (κ2) is 10.6. The average Bonchev–Trinajstić information content (AvgIpc) is 2.79. The van der Waals surface area contributed by atoms with E-state index in [1.54, 1.807) is 25.7 Å². The fraction of sp³-hybridized carbons (Fsp3) is 0.304. The molecule has 162 valence electrons. The van der Waals surface area contributed by atoms with Crippen LogP contribution in [0.15, 0.2) is 48.9 Å². The van der Waals surface area contributed by atoms with E-state index in [9.17, 15) is 4.79 Å². The summed E-state index contributed by atoms with van der Waals surface area (Å²) in [5.74, 6) is -0.0901. The van der Waals surface area contributed by atoms with Gasteiger partial charge in [-0.25, -0.2) is 9.97 Å². The van der Waals surface area contributed by atoms with Crippen molar-refractivity contribution in [1.82, 2.24) is 15.0 Å². The lowest BCUT2D eigenvalue weighted by Crippen LogP contribution is -2.24. The molecule has 0 unspecified atom stereocenters. The predicted molar refractivity (Wildman–Crippen MR) is 122 cm³/mol. The summed E-state index contributed by atoms with van der Waals surface area (Å²) in [4.78, 5) is 28.0. The molecule has 0 amide bonds. The molecular weight excluding hydrogens is 392 g/mol. The van der Waals surface area contributed by atoms with E-state index in [0.29, 0.717) is 25.4 Å². The van der Waals surface area contributed by atoms with Gasteiger partial charge in [-0.3, -0.25) is 9.78 Å². The minimum Gasteiger partial charge on any atom is -0.383 e. The van der Waals surface area contributed by atoms with Crippen molar-refractivity contribution >= 4 is 17.3 Å². The molecule has 0 bridgehead atoms. The Bertz CT molecular complexity index is 1020. The van der Waals surface area contributed by atoms with Crippen LogP contribution in [0.4, 0.5) is 11.5 Å². The number of ketones is 1. The van der Waals surface area contributed by atoms with E-state index in [2.05, 4.69) is 15.0 Å². The van der Waals surface area contributed by atoms with E-state index < -0.39 is 0 Å². The zero-order valence-electron chi connectivity index (χ0n) is 17.9. The largest absolute Gasteiger partial charge is 0.383 e. The molecule has 31 heavy (non-hydrogen) atoms. The lowest BCUT2D eigenvalue weighted by atomic mass is 10.0. The topological polar surface area (TPSA) is 120 Å². The number of pyridine rings is 1. The Morgan fingerprint density at radius 3 is 2.65 bits per heavy atom. The van der Waals surface area contributed by atoms with Crippen molar-refractivity contribution in [3.8, 4) is 11.3 Å². The number of Topliss-reactive ketones (excluding diaryl/α,β-unsaturated/α-hetero) is 1. The third kappa shape index (κ3) is 5.62. The van der Waals surface area contributed by atoms with Gasteiger partial charge in [0.15, 0.2) is 11.6 Å². The molecule has 8 heteroatoms. The van der Waals surface area contributed by atoms with Crippen LogP contribution in [0.5, 0.6) is 0 Å². The first-order chi connectivity index (χ1) is 15.0. The highest BCUT2D eigenvalue weighted by atomic mass is 16.5. The highest BCUT2D eigenvalue weighted by Crippen LogP contribution is 2.23. The summed E-state index contributed by atoms with van der Waals surface area (Å²) < 4.78 is 5.15. The number of ether oxygens (including phenoxy) is 1. The Hall–Kier alpha value is -3.36. The van der Waals surface area contributed by atoms with Crippen molar-refractivity contribution in [3.05, 3.63) is 65.7 Å². The molecule has 0 atom stereocenters. The highest BCUT2D eigenvalue weighted by molar-refractivity contribution is 6.00. The maximum atomic E-state index is 13.1. The first-order valence-corrected chi connectivity index (χ1v) is 10.1. The molecule has 3 rings (SSSR count). The van der Waals surface area contributed by atoms with E-state index in [1.165, 1.54) is 0 Å². The minimum absolute atomic E-state index is 0.117. The van der Waals surface area contributed by atoms with Crippen LogP contribution in [0, 0.1) is 0 Å². The number of nitrogen functional groups attached to an aromatic ring is 1. The number of carbonyl (C=O) groups is 1. The monoisotopic (exact) mass is 420 g/mol. The van der Waals surface area contributed by atoms with Gasteiger partial charge in [-0.1, -0.05) is 24.3 Å². The smallest absolute Gasteiger partial charge is 0.189 e. The molecule has 0 radical (unpaired) electrons. The van der Waals surface area contributed by atoms with Crippen LogP contribution < -0.4 is 16.4 Å².